The topological polar surface area (TPSA) is 41.1 Å². The molecule has 2 aliphatic rings. The van der Waals surface area contributed by atoms with Crippen LogP contribution in [0.25, 0.3) is 21.8 Å². The van der Waals surface area contributed by atoms with Gasteiger partial charge in [-0.2, -0.15) is 0 Å². The molecule has 0 aliphatic carbocycles. The van der Waals surface area contributed by atoms with Crippen LogP contribution in [0.3, 0.4) is 0 Å². The second-order valence-electron chi connectivity index (χ2n) is 14.7. The van der Waals surface area contributed by atoms with Crippen molar-refractivity contribution in [2.45, 2.75) is 66.2 Å². The van der Waals surface area contributed by atoms with Gasteiger partial charge in [-0.3, -0.25) is 9.97 Å². The number of hydrogen-bond acceptors (Lipinski definition) is 4. The van der Waals surface area contributed by atoms with E-state index in [2.05, 4.69) is 138 Å². The van der Waals surface area contributed by atoms with Crippen LogP contribution in [0.5, 0.6) is 0 Å². The quantitative estimate of drug-likeness (QED) is 0.167. The Morgan fingerprint density at radius 1 is 0.647 bits per heavy atom. The molecule has 0 radical (unpaired) electrons. The molecule has 0 bridgehead atoms. The Morgan fingerprint density at radius 3 is 1.84 bits per heavy atom. The van der Waals surface area contributed by atoms with Crippen molar-refractivity contribution in [3.8, 4) is 0 Å². The summed E-state index contributed by atoms with van der Waals surface area (Å²) in [7, 11) is 0. The maximum atomic E-state index is 6.32. The highest BCUT2D eigenvalue weighted by molar-refractivity contribution is 14.1. The fourth-order valence-electron chi connectivity index (χ4n) is 6.92. The van der Waals surface area contributed by atoms with Gasteiger partial charge in [-0.1, -0.05) is 74.6 Å². The van der Waals surface area contributed by atoms with Gasteiger partial charge in [0.25, 0.3) is 0 Å². The minimum Gasteiger partial charge on any atom is -0.384 e. The van der Waals surface area contributed by atoms with Crippen molar-refractivity contribution in [1.29, 1.82) is 0 Å². The van der Waals surface area contributed by atoms with Crippen molar-refractivity contribution >= 4 is 119 Å². The van der Waals surface area contributed by atoms with Gasteiger partial charge in [-0.25, -0.2) is 0 Å². The second-order valence-corrected chi connectivity index (χ2v) is 18.4. The summed E-state index contributed by atoms with van der Waals surface area (Å²) in [4.78, 5) is 11.7. The van der Waals surface area contributed by atoms with E-state index in [-0.39, 0.29) is 5.41 Å². The first-order valence-corrected chi connectivity index (χ1v) is 20.2. The number of nitrogens with one attached hydrogen (secondary N) is 1. The van der Waals surface area contributed by atoms with Crippen molar-refractivity contribution in [2.75, 3.05) is 23.3 Å². The smallest absolute Gasteiger partial charge is 0.0727 e. The van der Waals surface area contributed by atoms with Crippen molar-refractivity contribution in [3.05, 3.63) is 129 Å². The van der Waals surface area contributed by atoms with Gasteiger partial charge in [0.15, 0.2) is 0 Å². The van der Waals surface area contributed by atoms with Crippen LogP contribution in [0.15, 0.2) is 72.8 Å². The summed E-state index contributed by atoms with van der Waals surface area (Å²) < 4.78 is 2.56. The third-order valence-electron chi connectivity index (χ3n) is 9.99. The highest BCUT2D eigenvalue weighted by Crippen LogP contribution is 2.48. The molecule has 4 nitrogen and oxygen atoms in total. The minimum atomic E-state index is 0.105. The number of hydrogen-bond donors (Lipinski definition) is 1. The molecule has 6 aromatic rings. The molecule has 9 heteroatoms. The zero-order chi connectivity index (χ0) is 37.0. The lowest BCUT2D eigenvalue weighted by molar-refractivity contribution is 0.569. The Balaban J connectivity index is 0.000000145. The first kappa shape index (κ1) is 38.4. The van der Waals surface area contributed by atoms with Crippen LogP contribution in [-0.4, -0.2) is 23.1 Å². The van der Waals surface area contributed by atoms with E-state index >= 15 is 0 Å². The normalized spacial score (nSPS) is 15.0. The van der Waals surface area contributed by atoms with E-state index in [1.54, 1.807) is 0 Å². The van der Waals surface area contributed by atoms with Gasteiger partial charge in [0.2, 0.25) is 0 Å². The Labute approximate surface area is 344 Å². The molecule has 0 fully saturated rings. The lowest BCUT2D eigenvalue weighted by Gasteiger charge is -2.26. The first-order valence-electron chi connectivity index (χ1n) is 16.9. The Hall–Kier alpha value is -2.37. The third kappa shape index (κ3) is 7.82. The predicted octanol–water partition coefficient (Wildman–Crippen LogP) is 13.7. The van der Waals surface area contributed by atoms with Gasteiger partial charge in [0, 0.05) is 74.6 Å². The number of halogens is 5. The maximum absolute atomic E-state index is 6.32. The van der Waals surface area contributed by atoms with Crippen molar-refractivity contribution in [1.82, 2.24) is 9.97 Å². The van der Waals surface area contributed by atoms with E-state index in [0.717, 1.165) is 61.9 Å². The Kier molecular flexibility index (Phi) is 11.1. The summed E-state index contributed by atoms with van der Waals surface area (Å²) in [6.45, 7) is 19.4. The number of nitrogens with zero attached hydrogens (tertiary/aromatic N) is 3. The highest BCUT2D eigenvalue weighted by atomic mass is 127. The fourth-order valence-corrected chi connectivity index (χ4v) is 8.52. The SMILES string of the molecule is CC1(C)CNc2cc(I)ccc21.Cc1nc2ccc(Cl)cc2c(Cl)c1C.Cc1nc2ccc(Cl)cc2c(N2CC(C)(C)c3ccc(I)cc32)c1C. The summed E-state index contributed by atoms with van der Waals surface area (Å²) >= 11 is 23.2. The summed E-state index contributed by atoms with van der Waals surface area (Å²) in [6, 6.07) is 24.9. The summed E-state index contributed by atoms with van der Waals surface area (Å²) in [5.41, 5.74) is 13.3. The van der Waals surface area contributed by atoms with Crippen LogP contribution in [0.1, 0.15) is 61.3 Å². The Morgan fingerprint density at radius 2 is 1.20 bits per heavy atom. The molecule has 4 heterocycles. The van der Waals surface area contributed by atoms with Gasteiger partial charge in [-0.05, 0) is 156 Å². The molecule has 264 valence electrons. The lowest BCUT2D eigenvalue weighted by atomic mass is 9.87. The van der Waals surface area contributed by atoms with E-state index in [4.69, 9.17) is 39.8 Å². The van der Waals surface area contributed by atoms with Crippen LogP contribution in [0.4, 0.5) is 17.1 Å². The first-order chi connectivity index (χ1) is 24.0. The van der Waals surface area contributed by atoms with Gasteiger partial charge in [0.05, 0.1) is 21.7 Å². The molecule has 0 spiro atoms. The van der Waals surface area contributed by atoms with Crippen molar-refractivity contribution in [3.63, 3.8) is 0 Å². The summed E-state index contributed by atoms with van der Waals surface area (Å²) in [5, 5.41) is 7.65. The van der Waals surface area contributed by atoms with Crippen LogP contribution in [-0.2, 0) is 10.8 Å². The van der Waals surface area contributed by atoms with Gasteiger partial charge < -0.3 is 10.2 Å². The zero-order valence-electron chi connectivity index (χ0n) is 30.1. The molecule has 0 unspecified atom stereocenters. The molecular formula is C42H41Cl3I2N4. The number of aryl methyl sites for hydroxylation is 2. The zero-order valence-corrected chi connectivity index (χ0v) is 36.7. The molecule has 0 saturated heterocycles. The average molecular weight is 962 g/mol. The van der Waals surface area contributed by atoms with Crippen LogP contribution < -0.4 is 10.2 Å². The number of anilines is 3. The number of benzene rings is 4. The van der Waals surface area contributed by atoms with Crippen molar-refractivity contribution in [2.24, 2.45) is 0 Å². The maximum Gasteiger partial charge on any atom is 0.0727 e. The number of fused-ring (bicyclic) bond motifs is 4. The van der Waals surface area contributed by atoms with E-state index in [1.807, 2.05) is 50.2 Å². The van der Waals surface area contributed by atoms with E-state index in [0.29, 0.717) is 10.4 Å². The Bertz CT molecular complexity index is 2320. The molecule has 0 amide bonds. The van der Waals surface area contributed by atoms with Crippen LogP contribution in [0.2, 0.25) is 15.1 Å². The molecular weight excluding hydrogens is 921 g/mol. The number of aromatic nitrogens is 2. The van der Waals surface area contributed by atoms with Gasteiger partial charge in [0.1, 0.15) is 0 Å². The van der Waals surface area contributed by atoms with Crippen LogP contribution in [0, 0.1) is 34.8 Å². The van der Waals surface area contributed by atoms with E-state index < -0.39 is 0 Å². The summed E-state index contributed by atoms with van der Waals surface area (Å²) in [5.74, 6) is 0. The lowest BCUT2D eigenvalue weighted by Crippen LogP contribution is -2.25. The van der Waals surface area contributed by atoms with E-state index in [9.17, 15) is 0 Å². The molecule has 0 atom stereocenters. The molecule has 8 rings (SSSR count). The number of rotatable bonds is 1. The monoisotopic (exact) mass is 960 g/mol. The fraction of sp³-hybridized carbons (Fsp3) is 0.286. The number of pyridine rings is 2. The molecule has 4 aromatic carbocycles. The molecule has 1 N–H and O–H groups in total. The van der Waals surface area contributed by atoms with Crippen molar-refractivity contribution < 1.29 is 0 Å². The van der Waals surface area contributed by atoms with Gasteiger partial charge in [-0.15, -0.1) is 0 Å². The predicted molar refractivity (Wildman–Crippen MR) is 237 cm³/mol. The molecule has 2 aliphatic heterocycles. The van der Waals surface area contributed by atoms with Gasteiger partial charge >= 0.3 is 0 Å². The minimum absolute atomic E-state index is 0.105. The standard InChI is InChI=1S/C21H20ClIN2.C11H9Cl2N.C10H12IN/c1-12-13(2)24-18-8-5-14(22)9-16(18)20(12)25-11-21(3,4)17-7-6-15(23)10-19(17)25;1-6-7(2)14-10-4-3-8(12)5-9(10)11(6)13;1-10(2)6-12-9-5-7(11)3-4-8(9)10/h5-10H,11H2,1-4H3;3-5H,1-2H3;3-5,12H,6H2,1-2H3. The molecule has 0 saturated carbocycles. The van der Waals surface area contributed by atoms with E-state index in [1.165, 1.54) is 40.9 Å². The van der Waals surface area contributed by atoms with Crippen LogP contribution >= 0.6 is 80.0 Å². The third-order valence-corrected chi connectivity index (χ3v) is 12.3. The average Bonchev–Trinajstić information content (AvgIpc) is 3.51. The highest BCUT2D eigenvalue weighted by Gasteiger charge is 2.37. The molecule has 51 heavy (non-hydrogen) atoms. The summed E-state index contributed by atoms with van der Waals surface area (Å²) in [6.07, 6.45) is 0. The second kappa shape index (κ2) is 14.8. The molecule has 2 aromatic heterocycles. The largest absolute Gasteiger partial charge is 0.384 e.